The Balaban J connectivity index is 1.74. The van der Waals surface area contributed by atoms with Crippen LogP contribution >= 0.6 is 0 Å². The van der Waals surface area contributed by atoms with E-state index in [1.165, 1.54) is 13.0 Å². The van der Waals surface area contributed by atoms with Crippen LogP contribution in [0.2, 0.25) is 0 Å². The van der Waals surface area contributed by atoms with E-state index < -0.39 is 17.9 Å². The smallest absolute Gasteiger partial charge is 0.378 e. The normalized spacial score (nSPS) is 15.7. The zero-order chi connectivity index (χ0) is 24.5. The van der Waals surface area contributed by atoms with E-state index in [1.54, 1.807) is 6.07 Å². The molecule has 0 unspecified atom stereocenters. The Kier molecular flexibility index (Phi) is 6.92. The predicted octanol–water partition coefficient (Wildman–Crippen LogP) is 3.92. The molecule has 2 heterocycles. The topological polar surface area (TPSA) is 79.5 Å². The number of hydrogen-bond donors (Lipinski definition) is 2. The Bertz CT molecular complexity index is 1160. The molecular formula is C24H29F3N6O. The van der Waals surface area contributed by atoms with Crippen LogP contribution in [0.15, 0.2) is 36.4 Å². The summed E-state index contributed by atoms with van der Waals surface area (Å²) >= 11 is 0. The van der Waals surface area contributed by atoms with Gasteiger partial charge in [-0.25, -0.2) is 0 Å². The van der Waals surface area contributed by atoms with Crippen LogP contribution in [0.1, 0.15) is 28.6 Å². The second-order valence-electron chi connectivity index (χ2n) is 8.70. The fraction of sp³-hybridized carbons (Fsp3) is 0.417. The standard InChI is InChI=1S/C24H29F3N6O/c1-15-17(5-4-6-20(15)24(25,26)27)22(28)29-23-19-13-16(33-9-11-34-12-10-33)7-8-18(19)21(30-31-23)14-32(2)3/h4-8,13,22H,9-12,14,28H2,1-3H3,(H,29,31)/t22-/m0/s1. The molecule has 1 aromatic heterocycles. The van der Waals surface area contributed by atoms with Crippen LogP contribution in [0, 0.1) is 6.92 Å². The highest BCUT2D eigenvalue weighted by Gasteiger charge is 2.33. The molecule has 4 rings (SSSR count). The number of halogens is 3. The fourth-order valence-corrected chi connectivity index (χ4v) is 4.26. The Morgan fingerprint density at radius 3 is 2.53 bits per heavy atom. The number of hydrogen-bond acceptors (Lipinski definition) is 7. The lowest BCUT2D eigenvalue weighted by atomic mass is 10.00. The van der Waals surface area contributed by atoms with Crippen LogP contribution in [0.3, 0.4) is 0 Å². The van der Waals surface area contributed by atoms with Crippen LogP contribution in [-0.4, -0.2) is 55.5 Å². The zero-order valence-corrected chi connectivity index (χ0v) is 19.5. The molecule has 10 heteroatoms. The van der Waals surface area contributed by atoms with Crippen molar-refractivity contribution < 1.29 is 17.9 Å². The monoisotopic (exact) mass is 474 g/mol. The molecule has 3 N–H and O–H groups in total. The molecule has 0 bridgehead atoms. The predicted molar refractivity (Wildman–Crippen MR) is 127 cm³/mol. The Morgan fingerprint density at radius 1 is 1.12 bits per heavy atom. The molecule has 1 atom stereocenters. The third kappa shape index (κ3) is 5.08. The highest BCUT2D eigenvalue weighted by molar-refractivity contribution is 5.95. The molecule has 7 nitrogen and oxygen atoms in total. The quantitative estimate of drug-likeness (QED) is 0.524. The summed E-state index contributed by atoms with van der Waals surface area (Å²) in [6.07, 6.45) is -5.35. The molecule has 1 aliphatic rings. The average molecular weight is 475 g/mol. The summed E-state index contributed by atoms with van der Waals surface area (Å²) in [6, 6.07) is 10.1. The van der Waals surface area contributed by atoms with Crippen LogP contribution in [0.4, 0.5) is 24.7 Å². The van der Waals surface area contributed by atoms with Gasteiger partial charge in [-0.1, -0.05) is 18.2 Å². The fourth-order valence-electron chi connectivity index (χ4n) is 4.26. The zero-order valence-electron chi connectivity index (χ0n) is 19.5. The van der Waals surface area contributed by atoms with E-state index in [1.807, 2.05) is 31.1 Å². The number of anilines is 2. The number of aromatic nitrogens is 2. The van der Waals surface area contributed by atoms with Gasteiger partial charge >= 0.3 is 6.18 Å². The van der Waals surface area contributed by atoms with Crippen molar-refractivity contribution in [3.63, 3.8) is 0 Å². The number of nitrogens with zero attached hydrogens (tertiary/aromatic N) is 4. The highest BCUT2D eigenvalue weighted by atomic mass is 19.4. The van der Waals surface area contributed by atoms with Crippen molar-refractivity contribution >= 4 is 22.3 Å². The van der Waals surface area contributed by atoms with Gasteiger partial charge in [0, 0.05) is 36.1 Å². The minimum atomic E-state index is -4.45. The largest absolute Gasteiger partial charge is 0.416 e. The van der Waals surface area contributed by atoms with Crippen LogP contribution in [-0.2, 0) is 17.5 Å². The molecule has 2 aromatic carbocycles. The lowest BCUT2D eigenvalue weighted by molar-refractivity contribution is -0.138. The maximum atomic E-state index is 13.4. The second kappa shape index (κ2) is 9.73. The van der Waals surface area contributed by atoms with Crippen molar-refractivity contribution in [1.29, 1.82) is 0 Å². The van der Waals surface area contributed by atoms with Crippen LogP contribution in [0.25, 0.3) is 10.8 Å². The maximum Gasteiger partial charge on any atom is 0.416 e. The average Bonchev–Trinajstić information content (AvgIpc) is 2.80. The van der Waals surface area contributed by atoms with E-state index in [0.717, 1.165) is 41.3 Å². The van der Waals surface area contributed by atoms with Gasteiger partial charge in [-0.15, -0.1) is 5.10 Å². The van der Waals surface area contributed by atoms with E-state index in [0.29, 0.717) is 31.1 Å². The maximum absolute atomic E-state index is 13.4. The van der Waals surface area contributed by atoms with E-state index in [4.69, 9.17) is 10.5 Å². The van der Waals surface area contributed by atoms with Gasteiger partial charge in [-0.2, -0.15) is 18.3 Å². The number of morpholine rings is 1. The number of nitrogens with two attached hydrogens (primary N) is 1. The van der Waals surface area contributed by atoms with Crippen LogP contribution in [0.5, 0.6) is 0 Å². The van der Waals surface area contributed by atoms with Crippen molar-refractivity contribution in [2.75, 3.05) is 50.6 Å². The second-order valence-corrected chi connectivity index (χ2v) is 8.70. The first-order chi connectivity index (χ1) is 16.1. The van der Waals surface area contributed by atoms with Crippen molar-refractivity contribution in [1.82, 2.24) is 15.1 Å². The third-order valence-corrected chi connectivity index (χ3v) is 5.99. The summed E-state index contributed by atoms with van der Waals surface area (Å²) in [7, 11) is 3.90. The van der Waals surface area contributed by atoms with Crippen LogP contribution < -0.4 is 16.0 Å². The number of alkyl halides is 3. The van der Waals surface area contributed by atoms with Gasteiger partial charge in [0.25, 0.3) is 0 Å². The van der Waals surface area contributed by atoms with Gasteiger partial charge in [0.1, 0.15) is 6.17 Å². The molecule has 0 spiro atoms. The number of fused-ring (bicyclic) bond motifs is 1. The summed E-state index contributed by atoms with van der Waals surface area (Å²) in [5.74, 6) is 0.428. The van der Waals surface area contributed by atoms with Gasteiger partial charge in [-0.05, 0) is 50.3 Å². The first-order valence-corrected chi connectivity index (χ1v) is 11.1. The van der Waals surface area contributed by atoms with Crippen molar-refractivity contribution in [2.45, 2.75) is 25.8 Å². The Morgan fingerprint density at radius 2 is 1.85 bits per heavy atom. The van der Waals surface area contributed by atoms with Gasteiger partial charge in [0.05, 0.1) is 24.5 Å². The van der Waals surface area contributed by atoms with Gasteiger partial charge in [0.2, 0.25) is 0 Å². The number of rotatable bonds is 6. The first-order valence-electron chi connectivity index (χ1n) is 11.1. The Labute approximate surface area is 196 Å². The molecule has 0 amide bonds. The molecule has 1 saturated heterocycles. The van der Waals surface area contributed by atoms with E-state index in [2.05, 4.69) is 26.5 Å². The molecule has 1 fully saturated rings. The van der Waals surface area contributed by atoms with E-state index in [-0.39, 0.29) is 5.56 Å². The summed E-state index contributed by atoms with van der Waals surface area (Å²) in [4.78, 5) is 4.24. The van der Waals surface area contributed by atoms with E-state index >= 15 is 0 Å². The molecule has 34 heavy (non-hydrogen) atoms. The molecule has 0 radical (unpaired) electrons. The Hall–Kier alpha value is -2.95. The highest BCUT2D eigenvalue weighted by Crippen LogP contribution is 2.35. The van der Waals surface area contributed by atoms with E-state index in [9.17, 15) is 13.2 Å². The first kappa shape index (κ1) is 24.2. The lowest BCUT2D eigenvalue weighted by Crippen LogP contribution is -2.36. The summed E-state index contributed by atoms with van der Waals surface area (Å²) in [5.41, 5.74) is 7.92. The lowest BCUT2D eigenvalue weighted by Gasteiger charge is -2.29. The van der Waals surface area contributed by atoms with Gasteiger partial charge in [-0.3, -0.25) is 0 Å². The van der Waals surface area contributed by atoms with Crippen molar-refractivity contribution in [3.05, 3.63) is 58.8 Å². The third-order valence-electron chi connectivity index (χ3n) is 5.99. The number of benzene rings is 2. The number of ether oxygens (including phenoxy) is 1. The van der Waals surface area contributed by atoms with Gasteiger partial charge < -0.3 is 25.6 Å². The molecular weight excluding hydrogens is 445 g/mol. The SMILES string of the molecule is Cc1c([C@@H](N)Nc2nnc(CN(C)C)c3ccc(N4CCOCC4)cc23)cccc1C(F)(F)F. The number of nitrogens with one attached hydrogen (secondary N) is 1. The summed E-state index contributed by atoms with van der Waals surface area (Å²) in [6.45, 7) is 4.90. The molecule has 182 valence electrons. The minimum absolute atomic E-state index is 0.0884. The molecule has 0 saturated carbocycles. The minimum Gasteiger partial charge on any atom is -0.378 e. The van der Waals surface area contributed by atoms with Crippen molar-refractivity contribution in [2.24, 2.45) is 5.73 Å². The van der Waals surface area contributed by atoms with Gasteiger partial charge in [0.15, 0.2) is 5.82 Å². The van der Waals surface area contributed by atoms with Crippen molar-refractivity contribution in [3.8, 4) is 0 Å². The molecule has 0 aliphatic carbocycles. The summed E-state index contributed by atoms with van der Waals surface area (Å²) in [5, 5.41) is 13.6. The summed E-state index contributed by atoms with van der Waals surface area (Å²) < 4.78 is 45.7. The molecule has 3 aromatic rings. The molecule has 1 aliphatic heterocycles.